The summed E-state index contributed by atoms with van der Waals surface area (Å²) in [5.41, 5.74) is 3.36. The van der Waals surface area contributed by atoms with Gasteiger partial charge in [0.05, 0.1) is 6.54 Å². The smallest absolute Gasteiger partial charge is 0.328 e. The van der Waals surface area contributed by atoms with Crippen molar-refractivity contribution in [3.8, 4) is 0 Å². The van der Waals surface area contributed by atoms with Gasteiger partial charge in [-0.15, -0.1) is 11.3 Å². The van der Waals surface area contributed by atoms with Gasteiger partial charge in [0, 0.05) is 23.7 Å². The van der Waals surface area contributed by atoms with Gasteiger partial charge >= 0.3 is 5.97 Å². The third-order valence-electron chi connectivity index (χ3n) is 3.01. The van der Waals surface area contributed by atoms with Crippen molar-refractivity contribution in [2.45, 2.75) is 13.5 Å². The molecule has 0 fully saturated rings. The van der Waals surface area contributed by atoms with Crippen molar-refractivity contribution in [1.29, 1.82) is 0 Å². The SMILES string of the molecule is Cc1cccc(N(C)Cc2sccc2C=CC(=O)O)c1. The van der Waals surface area contributed by atoms with Crippen LogP contribution in [0.5, 0.6) is 0 Å². The average molecular weight is 287 g/mol. The largest absolute Gasteiger partial charge is 0.478 e. The zero-order chi connectivity index (χ0) is 14.5. The molecule has 0 amide bonds. The van der Waals surface area contributed by atoms with Gasteiger partial charge in [-0.05, 0) is 47.7 Å². The quantitative estimate of drug-likeness (QED) is 0.851. The van der Waals surface area contributed by atoms with Gasteiger partial charge in [-0.2, -0.15) is 0 Å². The summed E-state index contributed by atoms with van der Waals surface area (Å²) in [5.74, 6) is -0.922. The van der Waals surface area contributed by atoms with Crippen LogP contribution in [0.25, 0.3) is 6.08 Å². The molecule has 0 radical (unpaired) electrons. The first kappa shape index (κ1) is 14.3. The molecular formula is C16H17NO2S. The fraction of sp³-hybridized carbons (Fsp3) is 0.188. The number of benzene rings is 1. The fourth-order valence-electron chi connectivity index (χ4n) is 1.96. The van der Waals surface area contributed by atoms with E-state index in [1.54, 1.807) is 17.4 Å². The molecule has 0 saturated heterocycles. The standard InChI is InChI=1S/C16H17NO2S/c1-12-4-3-5-14(10-12)17(2)11-15-13(8-9-20-15)6-7-16(18)19/h3-10H,11H2,1-2H3,(H,18,19). The van der Waals surface area contributed by atoms with Crippen molar-refractivity contribution < 1.29 is 9.90 Å². The zero-order valence-corrected chi connectivity index (χ0v) is 12.4. The summed E-state index contributed by atoms with van der Waals surface area (Å²) in [6.07, 6.45) is 2.83. The average Bonchev–Trinajstić information content (AvgIpc) is 2.83. The molecule has 1 aromatic carbocycles. The summed E-state index contributed by atoms with van der Waals surface area (Å²) in [5, 5.41) is 10.7. The Morgan fingerprint density at radius 2 is 2.20 bits per heavy atom. The Morgan fingerprint density at radius 1 is 1.40 bits per heavy atom. The molecule has 1 N–H and O–H groups in total. The van der Waals surface area contributed by atoms with Crippen LogP contribution in [0.1, 0.15) is 16.0 Å². The number of hydrogen-bond acceptors (Lipinski definition) is 3. The van der Waals surface area contributed by atoms with Crippen LogP contribution in [0.3, 0.4) is 0 Å². The minimum Gasteiger partial charge on any atom is -0.478 e. The highest BCUT2D eigenvalue weighted by Crippen LogP contribution is 2.23. The highest BCUT2D eigenvalue weighted by atomic mass is 32.1. The van der Waals surface area contributed by atoms with E-state index < -0.39 is 5.97 Å². The number of aryl methyl sites for hydroxylation is 1. The highest BCUT2D eigenvalue weighted by Gasteiger charge is 2.07. The Bertz CT molecular complexity index is 631. The van der Waals surface area contributed by atoms with Crippen LogP contribution >= 0.6 is 11.3 Å². The molecule has 0 spiro atoms. The van der Waals surface area contributed by atoms with E-state index in [0.29, 0.717) is 0 Å². The minimum atomic E-state index is -0.922. The summed E-state index contributed by atoms with van der Waals surface area (Å²) in [7, 11) is 2.04. The van der Waals surface area contributed by atoms with Gasteiger partial charge in [0.25, 0.3) is 0 Å². The van der Waals surface area contributed by atoms with Gasteiger partial charge in [-0.25, -0.2) is 4.79 Å². The lowest BCUT2D eigenvalue weighted by molar-refractivity contribution is -0.131. The van der Waals surface area contributed by atoms with Gasteiger partial charge in [0.15, 0.2) is 0 Å². The molecular weight excluding hydrogens is 270 g/mol. The van der Waals surface area contributed by atoms with Gasteiger partial charge < -0.3 is 10.0 Å². The Labute approximate surface area is 122 Å². The lowest BCUT2D eigenvalue weighted by atomic mass is 10.2. The van der Waals surface area contributed by atoms with Crippen LogP contribution in [-0.2, 0) is 11.3 Å². The van der Waals surface area contributed by atoms with Crippen LogP contribution in [0.4, 0.5) is 5.69 Å². The maximum absolute atomic E-state index is 10.6. The summed E-state index contributed by atoms with van der Waals surface area (Å²) < 4.78 is 0. The number of nitrogens with zero attached hydrogens (tertiary/aromatic N) is 1. The van der Waals surface area contributed by atoms with Crippen LogP contribution in [0, 0.1) is 6.92 Å². The van der Waals surface area contributed by atoms with E-state index in [-0.39, 0.29) is 0 Å². The second-order valence-corrected chi connectivity index (χ2v) is 5.67. The van der Waals surface area contributed by atoms with E-state index in [1.807, 2.05) is 24.6 Å². The molecule has 0 bridgehead atoms. The van der Waals surface area contributed by atoms with Crippen molar-refractivity contribution in [1.82, 2.24) is 0 Å². The molecule has 104 valence electrons. The topological polar surface area (TPSA) is 40.5 Å². The Kier molecular flexibility index (Phi) is 4.58. The fourth-order valence-corrected chi connectivity index (χ4v) is 2.88. The van der Waals surface area contributed by atoms with Gasteiger partial charge in [-0.1, -0.05) is 12.1 Å². The van der Waals surface area contributed by atoms with Crippen molar-refractivity contribution in [2.24, 2.45) is 0 Å². The lowest BCUT2D eigenvalue weighted by Crippen LogP contribution is -2.16. The first-order valence-corrected chi connectivity index (χ1v) is 7.19. The summed E-state index contributed by atoms with van der Waals surface area (Å²) in [4.78, 5) is 13.9. The second-order valence-electron chi connectivity index (χ2n) is 4.67. The van der Waals surface area contributed by atoms with Crippen molar-refractivity contribution >= 4 is 29.1 Å². The van der Waals surface area contributed by atoms with E-state index >= 15 is 0 Å². The monoisotopic (exact) mass is 287 g/mol. The van der Waals surface area contributed by atoms with Gasteiger partial charge in [0.2, 0.25) is 0 Å². The zero-order valence-electron chi connectivity index (χ0n) is 11.5. The summed E-state index contributed by atoms with van der Waals surface area (Å²) in [6, 6.07) is 10.3. The van der Waals surface area contributed by atoms with Crippen LogP contribution in [0.15, 0.2) is 41.8 Å². The van der Waals surface area contributed by atoms with Crippen molar-refractivity contribution in [3.05, 3.63) is 57.8 Å². The number of aliphatic carboxylic acids is 1. The second kappa shape index (κ2) is 6.39. The van der Waals surface area contributed by atoms with E-state index in [9.17, 15) is 4.79 Å². The first-order valence-electron chi connectivity index (χ1n) is 6.31. The molecule has 2 aromatic rings. The van der Waals surface area contributed by atoms with E-state index in [2.05, 4.69) is 30.0 Å². The number of rotatable bonds is 5. The predicted molar refractivity (Wildman–Crippen MR) is 84.3 cm³/mol. The van der Waals surface area contributed by atoms with Crippen LogP contribution in [0.2, 0.25) is 0 Å². The van der Waals surface area contributed by atoms with Gasteiger partial charge in [0.1, 0.15) is 0 Å². The van der Waals surface area contributed by atoms with Gasteiger partial charge in [-0.3, -0.25) is 0 Å². The Morgan fingerprint density at radius 3 is 2.90 bits per heavy atom. The molecule has 0 atom stereocenters. The number of carbonyl (C=O) groups is 1. The maximum atomic E-state index is 10.6. The van der Waals surface area contributed by atoms with E-state index in [1.165, 1.54) is 11.6 Å². The Balaban J connectivity index is 2.14. The molecule has 0 aliphatic heterocycles. The lowest BCUT2D eigenvalue weighted by Gasteiger charge is -2.19. The summed E-state index contributed by atoms with van der Waals surface area (Å²) in [6.45, 7) is 2.84. The number of hydrogen-bond donors (Lipinski definition) is 1. The molecule has 0 aliphatic carbocycles. The minimum absolute atomic E-state index is 0.764. The molecule has 20 heavy (non-hydrogen) atoms. The van der Waals surface area contributed by atoms with E-state index in [4.69, 9.17) is 5.11 Å². The first-order chi connectivity index (χ1) is 9.56. The van der Waals surface area contributed by atoms with Crippen LogP contribution < -0.4 is 4.90 Å². The predicted octanol–water partition coefficient (Wildman–Crippen LogP) is 3.79. The molecule has 1 aromatic heterocycles. The molecule has 1 heterocycles. The third kappa shape index (κ3) is 3.71. The van der Waals surface area contributed by atoms with Crippen molar-refractivity contribution in [2.75, 3.05) is 11.9 Å². The third-order valence-corrected chi connectivity index (χ3v) is 3.93. The Hall–Kier alpha value is -2.07. The molecule has 4 heteroatoms. The van der Waals surface area contributed by atoms with Crippen molar-refractivity contribution in [3.63, 3.8) is 0 Å². The van der Waals surface area contributed by atoms with E-state index in [0.717, 1.165) is 22.7 Å². The molecule has 0 aliphatic rings. The number of thiophene rings is 1. The normalized spacial score (nSPS) is 10.9. The molecule has 3 nitrogen and oxygen atoms in total. The molecule has 2 rings (SSSR count). The number of anilines is 1. The highest BCUT2D eigenvalue weighted by molar-refractivity contribution is 7.10. The maximum Gasteiger partial charge on any atom is 0.328 e. The number of carboxylic acid groups (broad SMARTS) is 1. The number of carboxylic acids is 1. The van der Waals surface area contributed by atoms with Crippen LogP contribution in [-0.4, -0.2) is 18.1 Å². The summed E-state index contributed by atoms with van der Waals surface area (Å²) >= 11 is 1.64. The molecule has 0 saturated carbocycles. The molecule has 0 unspecified atom stereocenters.